The van der Waals surface area contributed by atoms with Gasteiger partial charge >= 0.3 is 0 Å². The summed E-state index contributed by atoms with van der Waals surface area (Å²) < 4.78 is 13.5. The molecule has 1 fully saturated rings. The fourth-order valence-corrected chi connectivity index (χ4v) is 1.66. The lowest BCUT2D eigenvalue weighted by Crippen LogP contribution is -2.44. The fraction of sp³-hybridized carbons (Fsp3) is 0.600. The van der Waals surface area contributed by atoms with E-state index in [9.17, 15) is 4.39 Å². The van der Waals surface area contributed by atoms with Crippen molar-refractivity contribution in [3.05, 3.63) is 17.8 Å². The molecule has 1 aliphatic heterocycles. The Labute approximate surface area is 88.5 Å². The van der Waals surface area contributed by atoms with E-state index in [4.69, 9.17) is 0 Å². The normalized spacial score (nSPS) is 16.8. The zero-order valence-corrected chi connectivity index (χ0v) is 8.83. The Balaban J connectivity index is 2.24. The maximum absolute atomic E-state index is 13.5. The van der Waals surface area contributed by atoms with E-state index >= 15 is 0 Å². The Kier molecular flexibility index (Phi) is 3.11. The predicted octanol–water partition coefficient (Wildman–Crippen LogP) is 0.588. The lowest BCUT2D eigenvalue weighted by molar-refractivity contribution is 0.553. The quantitative estimate of drug-likeness (QED) is 0.775. The Hall–Kier alpha value is -1.23. The molecule has 2 rings (SSSR count). The number of nitrogens with one attached hydrogen (secondary N) is 1. The van der Waals surface area contributed by atoms with Gasteiger partial charge in [0.05, 0.1) is 6.20 Å². The third kappa shape index (κ3) is 2.23. The summed E-state index contributed by atoms with van der Waals surface area (Å²) >= 11 is 0. The van der Waals surface area contributed by atoms with Crippen LogP contribution < -0.4 is 10.2 Å². The summed E-state index contributed by atoms with van der Waals surface area (Å²) in [5, 5.41) is 3.23. The molecule has 2 heterocycles. The van der Waals surface area contributed by atoms with E-state index in [0.717, 1.165) is 32.6 Å². The molecule has 15 heavy (non-hydrogen) atoms. The summed E-state index contributed by atoms with van der Waals surface area (Å²) in [7, 11) is 0. The Bertz CT molecular complexity index is 336. The highest BCUT2D eigenvalue weighted by Crippen LogP contribution is 2.15. The van der Waals surface area contributed by atoms with Gasteiger partial charge in [-0.25, -0.2) is 14.4 Å². The Morgan fingerprint density at radius 1 is 1.47 bits per heavy atom. The van der Waals surface area contributed by atoms with E-state index in [2.05, 4.69) is 15.3 Å². The van der Waals surface area contributed by atoms with Crippen LogP contribution >= 0.6 is 0 Å². The summed E-state index contributed by atoms with van der Waals surface area (Å²) in [4.78, 5) is 10.1. The predicted molar refractivity (Wildman–Crippen MR) is 56.5 cm³/mol. The highest BCUT2D eigenvalue weighted by atomic mass is 19.1. The number of aromatic nitrogens is 2. The van der Waals surface area contributed by atoms with Gasteiger partial charge in [-0.15, -0.1) is 0 Å². The molecule has 0 saturated carbocycles. The summed E-state index contributed by atoms with van der Waals surface area (Å²) in [6, 6.07) is 0. The third-order valence-corrected chi connectivity index (χ3v) is 2.51. The molecule has 0 spiro atoms. The lowest BCUT2D eigenvalue weighted by atomic mass is 10.3. The zero-order chi connectivity index (χ0) is 10.7. The molecular formula is C10H15FN4. The number of rotatable bonds is 2. The average Bonchev–Trinajstić information content (AvgIpc) is 2.31. The van der Waals surface area contributed by atoms with Crippen LogP contribution in [0.4, 0.5) is 10.2 Å². The molecule has 0 aromatic carbocycles. The number of piperazine rings is 1. The molecule has 0 amide bonds. The van der Waals surface area contributed by atoms with Crippen LogP contribution in [0.1, 0.15) is 12.7 Å². The van der Waals surface area contributed by atoms with Crippen molar-refractivity contribution < 1.29 is 4.39 Å². The smallest absolute Gasteiger partial charge is 0.183 e. The van der Waals surface area contributed by atoms with Crippen LogP contribution in [-0.4, -0.2) is 36.1 Å². The van der Waals surface area contributed by atoms with Crippen LogP contribution in [0.15, 0.2) is 6.20 Å². The van der Waals surface area contributed by atoms with Gasteiger partial charge in [0, 0.05) is 32.6 Å². The Morgan fingerprint density at radius 3 is 2.87 bits per heavy atom. The highest BCUT2D eigenvalue weighted by molar-refractivity contribution is 5.39. The first-order valence-electron chi connectivity index (χ1n) is 5.28. The number of hydrogen-bond donors (Lipinski definition) is 1. The van der Waals surface area contributed by atoms with E-state index in [1.54, 1.807) is 0 Å². The van der Waals surface area contributed by atoms with Gasteiger partial charge in [0.15, 0.2) is 11.6 Å². The fourth-order valence-electron chi connectivity index (χ4n) is 1.66. The molecule has 1 aromatic heterocycles. The van der Waals surface area contributed by atoms with Crippen LogP contribution in [0.25, 0.3) is 0 Å². The van der Waals surface area contributed by atoms with E-state index in [1.807, 2.05) is 11.8 Å². The van der Waals surface area contributed by atoms with E-state index in [1.165, 1.54) is 6.20 Å². The van der Waals surface area contributed by atoms with Crippen molar-refractivity contribution in [3.63, 3.8) is 0 Å². The van der Waals surface area contributed by atoms with Crippen molar-refractivity contribution in [3.8, 4) is 0 Å². The molecule has 0 radical (unpaired) electrons. The molecule has 1 saturated heterocycles. The molecule has 1 N–H and O–H groups in total. The van der Waals surface area contributed by atoms with Gasteiger partial charge in [0.2, 0.25) is 0 Å². The minimum absolute atomic E-state index is 0.325. The van der Waals surface area contributed by atoms with Gasteiger partial charge in [-0.3, -0.25) is 0 Å². The molecule has 0 atom stereocenters. The largest absolute Gasteiger partial charge is 0.352 e. The van der Waals surface area contributed by atoms with Crippen LogP contribution in [0.2, 0.25) is 0 Å². The van der Waals surface area contributed by atoms with Gasteiger partial charge in [0.1, 0.15) is 5.82 Å². The lowest BCUT2D eigenvalue weighted by Gasteiger charge is -2.28. The number of nitrogens with zero attached hydrogens (tertiary/aromatic N) is 3. The van der Waals surface area contributed by atoms with E-state index in [0.29, 0.717) is 11.6 Å². The highest BCUT2D eigenvalue weighted by Gasteiger charge is 2.16. The molecule has 0 unspecified atom stereocenters. The van der Waals surface area contributed by atoms with Crippen molar-refractivity contribution in [1.82, 2.24) is 15.3 Å². The minimum Gasteiger partial charge on any atom is -0.352 e. The van der Waals surface area contributed by atoms with Gasteiger partial charge in [-0.05, 0) is 0 Å². The summed E-state index contributed by atoms with van der Waals surface area (Å²) in [6.07, 6.45) is 2.00. The standard InChI is InChI=1S/C10H15FN4/c1-2-9-13-7-8(11)10(14-9)15-5-3-12-4-6-15/h7,12H,2-6H2,1H3. The second kappa shape index (κ2) is 4.53. The topological polar surface area (TPSA) is 41.1 Å². The van der Waals surface area contributed by atoms with Crippen molar-refractivity contribution in [1.29, 1.82) is 0 Å². The molecular weight excluding hydrogens is 195 g/mol. The zero-order valence-electron chi connectivity index (χ0n) is 8.83. The molecule has 4 nitrogen and oxygen atoms in total. The van der Waals surface area contributed by atoms with Gasteiger partial charge in [-0.1, -0.05) is 6.92 Å². The first-order chi connectivity index (χ1) is 7.31. The summed E-state index contributed by atoms with van der Waals surface area (Å²) in [5.74, 6) is 0.822. The van der Waals surface area contributed by atoms with Crippen molar-refractivity contribution >= 4 is 5.82 Å². The molecule has 0 bridgehead atoms. The average molecular weight is 210 g/mol. The molecule has 1 aromatic rings. The van der Waals surface area contributed by atoms with Crippen LogP contribution in [-0.2, 0) is 6.42 Å². The Morgan fingerprint density at radius 2 is 2.20 bits per heavy atom. The number of halogens is 1. The minimum atomic E-state index is -0.325. The number of anilines is 1. The third-order valence-electron chi connectivity index (χ3n) is 2.51. The molecule has 0 aliphatic carbocycles. The number of hydrogen-bond acceptors (Lipinski definition) is 4. The second-order valence-corrected chi connectivity index (χ2v) is 3.55. The van der Waals surface area contributed by atoms with Gasteiger partial charge in [0.25, 0.3) is 0 Å². The van der Waals surface area contributed by atoms with E-state index < -0.39 is 0 Å². The molecule has 82 valence electrons. The van der Waals surface area contributed by atoms with Crippen LogP contribution in [0.3, 0.4) is 0 Å². The van der Waals surface area contributed by atoms with E-state index in [-0.39, 0.29) is 5.82 Å². The first kappa shape index (κ1) is 10.3. The summed E-state index contributed by atoms with van der Waals surface area (Å²) in [6.45, 7) is 5.33. The van der Waals surface area contributed by atoms with Crippen LogP contribution in [0, 0.1) is 5.82 Å². The SMILES string of the molecule is CCc1ncc(F)c(N2CCNCC2)n1. The van der Waals surface area contributed by atoms with Crippen LogP contribution in [0.5, 0.6) is 0 Å². The van der Waals surface area contributed by atoms with Crippen molar-refractivity contribution in [2.24, 2.45) is 0 Å². The number of aryl methyl sites for hydroxylation is 1. The first-order valence-corrected chi connectivity index (χ1v) is 5.28. The second-order valence-electron chi connectivity index (χ2n) is 3.55. The van der Waals surface area contributed by atoms with Gasteiger partial charge in [-0.2, -0.15) is 0 Å². The maximum Gasteiger partial charge on any atom is 0.183 e. The maximum atomic E-state index is 13.5. The van der Waals surface area contributed by atoms with Gasteiger partial charge < -0.3 is 10.2 Å². The summed E-state index contributed by atoms with van der Waals surface area (Å²) in [5.41, 5.74) is 0. The van der Waals surface area contributed by atoms with Crippen molar-refractivity contribution in [2.45, 2.75) is 13.3 Å². The van der Waals surface area contributed by atoms with Crippen molar-refractivity contribution in [2.75, 3.05) is 31.1 Å². The molecule has 5 heteroatoms. The monoisotopic (exact) mass is 210 g/mol. The molecule has 1 aliphatic rings.